The highest BCUT2D eigenvalue weighted by Crippen LogP contribution is 2.18. The Bertz CT molecular complexity index is 834. The van der Waals surface area contributed by atoms with Gasteiger partial charge in [-0.3, -0.25) is 4.79 Å². The minimum absolute atomic E-state index is 0.0586. The topological polar surface area (TPSA) is 84.0 Å². The van der Waals surface area contributed by atoms with Crippen molar-refractivity contribution in [1.82, 2.24) is 10.6 Å². The number of benzene rings is 2. The zero-order chi connectivity index (χ0) is 21.9. The zero-order valence-corrected chi connectivity index (χ0v) is 18.3. The molecule has 31 heavy (non-hydrogen) atoms. The number of aliphatic imine (C=N–C) groups is 1. The molecule has 1 saturated carbocycles. The van der Waals surface area contributed by atoms with Crippen LogP contribution in [0.25, 0.3) is 0 Å². The highest BCUT2D eigenvalue weighted by Gasteiger charge is 2.22. The maximum absolute atomic E-state index is 12.0. The van der Waals surface area contributed by atoms with Gasteiger partial charge in [-0.1, -0.05) is 18.2 Å². The molecular formula is C24H32N4O3. The van der Waals surface area contributed by atoms with E-state index in [0.717, 1.165) is 36.4 Å². The number of carbonyl (C=O) groups is 1. The molecule has 1 aliphatic rings. The first-order valence-corrected chi connectivity index (χ1v) is 10.9. The van der Waals surface area contributed by atoms with E-state index >= 15 is 0 Å². The third kappa shape index (κ3) is 8.99. The van der Waals surface area contributed by atoms with Gasteiger partial charge in [-0.15, -0.1) is 0 Å². The molecule has 3 N–H and O–H groups in total. The van der Waals surface area contributed by atoms with E-state index < -0.39 is 0 Å². The van der Waals surface area contributed by atoms with Gasteiger partial charge in [0.15, 0.2) is 5.96 Å². The molecule has 0 bridgehead atoms. The number of carbonyl (C=O) groups excluding carboxylic acids is 1. The van der Waals surface area contributed by atoms with Crippen molar-refractivity contribution in [3.8, 4) is 11.5 Å². The molecule has 0 aliphatic heterocycles. The zero-order valence-electron chi connectivity index (χ0n) is 18.3. The standard InChI is InChI=1S/C24H32N4O3/c1-18(2)31-22-13-11-20(12-14-22)28-24(26-17-23(29)27-19-9-10-19)25-15-6-16-30-21-7-4-3-5-8-21/h3-5,7-8,11-14,18-19H,6,9-10,15-17H2,1-2H3,(H,27,29)(H2,25,26,28). The Hall–Kier alpha value is -3.22. The number of rotatable bonds is 11. The van der Waals surface area contributed by atoms with Crippen molar-refractivity contribution in [2.75, 3.05) is 25.0 Å². The van der Waals surface area contributed by atoms with Crippen molar-refractivity contribution in [3.63, 3.8) is 0 Å². The fourth-order valence-corrected chi connectivity index (χ4v) is 2.80. The summed E-state index contributed by atoms with van der Waals surface area (Å²) in [5.74, 6) is 2.17. The minimum Gasteiger partial charge on any atom is -0.494 e. The van der Waals surface area contributed by atoms with Crippen LogP contribution >= 0.6 is 0 Å². The van der Waals surface area contributed by atoms with E-state index in [4.69, 9.17) is 9.47 Å². The van der Waals surface area contributed by atoms with Gasteiger partial charge in [0, 0.05) is 18.3 Å². The van der Waals surface area contributed by atoms with E-state index in [1.165, 1.54) is 0 Å². The van der Waals surface area contributed by atoms with Gasteiger partial charge < -0.3 is 25.4 Å². The van der Waals surface area contributed by atoms with Crippen LogP contribution in [0.5, 0.6) is 11.5 Å². The molecule has 0 saturated heterocycles. The number of anilines is 1. The van der Waals surface area contributed by atoms with Gasteiger partial charge in [0.1, 0.15) is 18.0 Å². The lowest BCUT2D eigenvalue weighted by Gasteiger charge is -2.14. The first kappa shape index (κ1) is 22.5. The smallest absolute Gasteiger partial charge is 0.242 e. The number of hydrogen-bond acceptors (Lipinski definition) is 4. The second-order valence-electron chi connectivity index (χ2n) is 7.76. The van der Waals surface area contributed by atoms with Crippen molar-refractivity contribution >= 4 is 17.6 Å². The monoisotopic (exact) mass is 424 g/mol. The molecule has 0 atom stereocenters. The van der Waals surface area contributed by atoms with Gasteiger partial charge in [-0.25, -0.2) is 4.99 Å². The average Bonchev–Trinajstić information content (AvgIpc) is 3.57. The third-order valence-electron chi connectivity index (χ3n) is 4.44. The Morgan fingerprint density at radius 1 is 1.06 bits per heavy atom. The van der Waals surface area contributed by atoms with Gasteiger partial charge in [0.05, 0.1) is 12.7 Å². The Morgan fingerprint density at radius 3 is 2.48 bits per heavy atom. The summed E-state index contributed by atoms with van der Waals surface area (Å²) in [6.07, 6.45) is 3.04. The summed E-state index contributed by atoms with van der Waals surface area (Å²) in [7, 11) is 0. The molecule has 7 heteroatoms. The van der Waals surface area contributed by atoms with E-state index in [2.05, 4.69) is 20.9 Å². The molecule has 3 rings (SSSR count). The lowest BCUT2D eigenvalue weighted by atomic mass is 10.3. The summed E-state index contributed by atoms with van der Waals surface area (Å²) in [6, 6.07) is 17.7. The van der Waals surface area contributed by atoms with Gasteiger partial charge in [-0.2, -0.15) is 0 Å². The number of amides is 1. The highest BCUT2D eigenvalue weighted by molar-refractivity contribution is 5.95. The number of ether oxygens (including phenoxy) is 2. The molecule has 7 nitrogen and oxygen atoms in total. The normalized spacial score (nSPS) is 13.6. The van der Waals surface area contributed by atoms with E-state index in [-0.39, 0.29) is 18.6 Å². The number of nitrogens with one attached hydrogen (secondary N) is 3. The summed E-state index contributed by atoms with van der Waals surface area (Å²) in [5, 5.41) is 9.48. The van der Waals surface area contributed by atoms with E-state index in [0.29, 0.717) is 25.2 Å². The van der Waals surface area contributed by atoms with Crippen LogP contribution in [0.1, 0.15) is 33.1 Å². The third-order valence-corrected chi connectivity index (χ3v) is 4.44. The summed E-state index contributed by atoms with van der Waals surface area (Å²) in [4.78, 5) is 16.5. The molecule has 1 aliphatic carbocycles. The number of para-hydroxylation sites is 1. The molecule has 166 valence electrons. The molecule has 0 radical (unpaired) electrons. The predicted molar refractivity (Wildman–Crippen MR) is 124 cm³/mol. The van der Waals surface area contributed by atoms with Crippen LogP contribution in [0.3, 0.4) is 0 Å². The second kappa shape index (κ2) is 11.8. The Labute approximate surface area is 184 Å². The van der Waals surface area contributed by atoms with E-state index in [9.17, 15) is 4.79 Å². The molecule has 2 aromatic rings. The predicted octanol–water partition coefficient (Wildman–Crippen LogP) is 3.58. The molecule has 0 unspecified atom stereocenters. The van der Waals surface area contributed by atoms with Crippen molar-refractivity contribution in [1.29, 1.82) is 0 Å². The first-order valence-electron chi connectivity index (χ1n) is 10.9. The van der Waals surface area contributed by atoms with E-state index in [1.54, 1.807) is 0 Å². The van der Waals surface area contributed by atoms with Crippen LogP contribution < -0.4 is 25.4 Å². The fraction of sp³-hybridized carbons (Fsp3) is 0.417. The van der Waals surface area contributed by atoms with Crippen LogP contribution in [0.15, 0.2) is 59.6 Å². The molecular weight excluding hydrogens is 392 g/mol. The Kier molecular flexibility index (Phi) is 8.58. The lowest BCUT2D eigenvalue weighted by molar-refractivity contribution is -0.119. The van der Waals surface area contributed by atoms with Crippen molar-refractivity contribution < 1.29 is 14.3 Å². The van der Waals surface area contributed by atoms with Crippen LogP contribution in [0.4, 0.5) is 5.69 Å². The molecule has 2 aromatic carbocycles. The molecule has 0 heterocycles. The minimum atomic E-state index is -0.0586. The maximum atomic E-state index is 12.0. The van der Waals surface area contributed by atoms with Gasteiger partial charge in [0.2, 0.25) is 5.91 Å². The quantitative estimate of drug-likeness (QED) is 0.292. The largest absolute Gasteiger partial charge is 0.494 e. The van der Waals surface area contributed by atoms with Crippen LogP contribution in [0, 0.1) is 0 Å². The van der Waals surface area contributed by atoms with Crippen LogP contribution in [-0.4, -0.2) is 43.7 Å². The molecule has 1 amide bonds. The van der Waals surface area contributed by atoms with Crippen LogP contribution in [0.2, 0.25) is 0 Å². The molecule has 0 aromatic heterocycles. The maximum Gasteiger partial charge on any atom is 0.242 e. The Balaban J connectivity index is 1.50. The molecule has 0 spiro atoms. The SMILES string of the molecule is CC(C)Oc1ccc(NC(=NCC(=O)NC2CC2)NCCCOc2ccccc2)cc1. The van der Waals surface area contributed by atoms with E-state index in [1.807, 2.05) is 68.4 Å². The van der Waals surface area contributed by atoms with Gasteiger partial charge >= 0.3 is 0 Å². The highest BCUT2D eigenvalue weighted by atomic mass is 16.5. The number of hydrogen-bond donors (Lipinski definition) is 3. The van der Waals surface area contributed by atoms with Crippen molar-refractivity contribution in [2.24, 2.45) is 4.99 Å². The average molecular weight is 425 g/mol. The number of guanidine groups is 1. The van der Waals surface area contributed by atoms with Crippen LogP contribution in [-0.2, 0) is 4.79 Å². The summed E-state index contributed by atoms with van der Waals surface area (Å²) < 4.78 is 11.4. The second-order valence-corrected chi connectivity index (χ2v) is 7.76. The summed E-state index contributed by atoms with van der Waals surface area (Å²) >= 11 is 0. The van der Waals surface area contributed by atoms with Gasteiger partial charge in [-0.05, 0) is 69.5 Å². The Morgan fingerprint density at radius 2 is 1.81 bits per heavy atom. The van der Waals surface area contributed by atoms with Gasteiger partial charge in [0.25, 0.3) is 0 Å². The number of nitrogens with zero attached hydrogens (tertiary/aromatic N) is 1. The fourth-order valence-electron chi connectivity index (χ4n) is 2.80. The lowest BCUT2D eigenvalue weighted by Crippen LogP contribution is -2.34. The van der Waals surface area contributed by atoms with Crippen molar-refractivity contribution in [3.05, 3.63) is 54.6 Å². The molecule has 1 fully saturated rings. The van der Waals surface area contributed by atoms with Crippen molar-refractivity contribution in [2.45, 2.75) is 45.3 Å². The summed E-state index contributed by atoms with van der Waals surface area (Å²) in [6.45, 7) is 5.33. The first-order chi connectivity index (χ1) is 15.1. The summed E-state index contributed by atoms with van der Waals surface area (Å²) in [5.41, 5.74) is 0.866.